The second-order valence-corrected chi connectivity index (χ2v) is 6.03. The summed E-state index contributed by atoms with van der Waals surface area (Å²) in [5.74, 6) is 1.18. The Hall–Kier alpha value is -1.20. The van der Waals surface area contributed by atoms with Gasteiger partial charge in [-0.1, -0.05) is 0 Å². The first-order valence-electron chi connectivity index (χ1n) is 8.28. The highest BCUT2D eigenvalue weighted by atomic mass is 16.5. The third-order valence-corrected chi connectivity index (χ3v) is 4.55. The summed E-state index contributed by atoms with van der Waals surface area (Å²) in [5, 5.41) is 0. The molecule has 2 aliphatic rings. The van der Waals surface area contributed by atoms with Gasteiger partial charge >= 0.3 is 0 Å². The number of aromatic nitrogens is 2. The predicted octanol–water partition coefficient (Wildman–Crippen LogP) is 1.69. The molecule has 0 atom stereocenters. The zero-order valence-corrected chi connectivity index (χ0v) is 12.8. The van der Waals surface area contributed by atoms with Gasteiger partial charge in [-0.15, -0.1) is 0 Å². The molecule has 5 heteroatoms. The van der Waals surface area contributed by atoms with Crippen LogP contribution in [-0.4, -0.2) is 42.3 Å². The molecule has 1 aliphatic carbocycles. The van der Waals surface area contributed by atoms with Gasteiger partial charge in [0.1, 0.15) is 12.1 Å². The summed E-state index contributed by atoms with van der Waals surface area (Å²) in [7, 11) is 0. The third-order valence-electron chi connectivity index (χ3n) is 4.55. The van der Waals surface area contributed by atoms with Crippen molar-refractivity contribution in [2.75, 3.05) is 31.1 Å². The van der Waals surface area contributed by atoms with Crippen molar-refractivity contribution in [3.05, 3.63) is 17.6 Å². The number of nitrogens with zero attached hydrogens (tertiary/aromatic N) is 3. The molecule has 1 saturated heterocycles. The number of aryl methyl sites for hydroxylation is 1. The minimum atomic E-state index is 0.394. The lowest BCUT2D eigenvalue weighted by Crippen LogP contribution is -2.38. The third kappa shape index (κ3) is 3.52. The zero-order valence-electron chi connectivity index (χ0n) is 12.8. The van der Waals surface area contributed by atoms with Crippen LogP contribution in [0.3, 0.4) is 0 Å². The van der Waals surface area contributed by atoms with Crippen molar-refractivity contribution in [3.63, 3.8) is 0 Å². The van der Waals surface area contributed by atoms with Crippen molar-refractivity contribution in [1.82, 2.24) is 9.97 Å². The summed E-state index contributed by atoms with van der Waals surface area (Å²) in [4.78, 5) is 11.5. The van der Waals surface area contributed by atoms with Crippen molar-refractivity contribution < 1.29 is 4.74 Å². The highest BCUT2D eigenvalue weighted by Crippen LogP contribution is 2.29. The Morgan fingerprint density at radius 2 is 2.00 bits per heavy atom. The van der Waals surface area contributed by atoms with E-state index in [0.717, 1.165) is 51.8 Å². The van der Waals surface area contributed by atoms with E-state index in [4.69, 9.17) is 10.5 Å². The minimum Gasteiger partial charge on any atom is -0.378 e. The number of anilines is 1. The second-order valence-electron chi connectivity index (χ2n) is 6.03. The van der Waals surface area contributed by atoms with E-state index in [-0.39, 0.29) is 0 Å². The molecule has 0 spiro atoms. The average Bonchev–Trinajstić information content (AvgIpc) is 2.55. The van der Waals surface area contributed by atoms with E-state index < -0.39 is 0 Å². The van der Waals surface area contributed by atoms with E-state index in [1.807, 2.05) is 0 Å². The van der Waals surface area contributed by atoms with E-state index >= 15 is 0 Å². The van der Waals surface area contributed by atoms with Gasteiger partial charge in [-0.2, -0.15) is 0 Å². The molecule has 0 amide bonds. The molecule has 0 aromatic carbocycles. The Kier molecular flexibility index (Phi) is 5.04. The molecule has 1 fully saturated rings. The monoisotopic (exact) mass is 290 g/mol. The maximum absolute atomic E-state index is 5.88. The van der Waals surface area contributed by atoms with Crippen molar-refractivity contribution in [3.8, 4) is 0 Å². The van der Waals surface area contributed by atoms with Gasteiger partial charge in [0.05, 0.1) is 6.10 Å². The molecule has 21 heavy (non-hydrogen) atoms. The minimum absolute atomic E-state index is 0.394. The van der Waals surface area contributed by atoms with Crippen LogP contribution in [0.4, 0.5) is 5.82 Å². The van der Waals surface area contributed by atoms with Crippen LogP contribution in [0.1, 0.15) is 43.4 Å². The van der Waals surface area contributed by atoms with Crippen LogP contribution in [-0.2, 0) is 17.6 Å². The van der Waals surface area contributed by atoms with Gasteiger partial charge in [0.15, 0.2) is 0 Å². The number of rotatable bonds is 5. The topological polar surface area (TPSA) is 64.3 Å². The number of ether oxygens (including phenoxy) is 1. The largest absolute Gasteiger partial charge is 0.378 e. The fourth-order valence-electron chi connectivity index (χ4n) is 3.34. The van der Waals surface area contributed by atoms with Crippen LogP contribution in [0.5, 0.6) is 0 Å². The van der Waals surface area contributed by atoms with Gasteiger partial charge in [0.25, 0.3) is 0 Å². The molecule has 2 N–H and O–H groups in total. The summed E-state index contributed by atoms with van der Waals surface area (Å²) >= 11 is 0. The molecule has 3 rings (SSSR count). The van der Waals surface area contributed by atoms with Crippen LogP contribution in [0, 0.1) is 0 Å². The zero-order chi connectivity index (χ0) is 14.5. The number of fused-ring (bicyclic) bond motifs is 1. The Morgan fingerprint density at radius 3 is 2.81 bits per heavy atom. The van der Waals surface area contributed by atoms with Crippen LogP contribution in [0.15, 0.2) is 6.33 Å². The fourth-order valence-corrected chi connectivity index (χ4v) is 3.34. The lowest BCUT2D eigenvalue weighted by molar-refractivity contribution is 0.0365. The number of piperidine rings is 1. The Labute approximate surface area is 126 Å². The Balaban J connectivity index is 1.59. The molecule has 0 saturated carbocycles. The lowest BCUT2D eigenvalue weighted by atomic mass is 9.95. The van der Waals surface area contributed by atoms with Gasteiger partial charge in [-0.05, 0) is 51.5 Å². The molecule has 0 radical (unpaired) electrons. The number of hydrogen-bond acceptors (Lipinski definition) is 5. The average molecular weight is 290 g/mol. The molecule has 0 unspecified atom stereocenters. The quantitative estimate of drug-likeness (QED) is 0.836. The van der Waals surface area contributed by atoms with Crippen molar-refractivity contribution in [2.24, 2.45) is 5.73 Å². The fraction of sp³-hybridized carbons (Fsp3) is 0.750. The SMILES string of the molecule is NCCCOC1CCN(c2ncnc3c2CCCC3)CC1. The molecular formula is C16H26N4O. The molecule has 0 bridgehead atoms. The molecule has 1 aromatic rings. The van der Waals surface area contributed by atoms with Gasteiger partial charge in [0.2, 0.25) is 0 Å². The van der Waals surface area contributed by atoms with Crippen LogP contribution in [0.25, 0.3) is 0 Å². The van der Waals surface area contributed by atoms with E-state index in [0.29, 0.717) is 12.6 Å². The highest BCUT2D eigenvalue weighted by molar-refractivity contribution is 5.49. The molecule has 2 heterocycles. The van der Waals surface area contributed by atoms with E-state index in [1.165, 1.54) is 29.9 Å². The van der Waals surface area contributed by atoms with Crippen molar-refractivity contribution in [1.29, 1.82) is 0 Å². The summed E-state index contributed by atoms with van der Waals surface area (Å²) in [6, 6.07) is 0. The van der Waals surface area contributed by atoms with Gasteiger partial charge in [-0.25, -0.2) is 9.97 Å². The Morgan fingerprint density at radius 1 is 1.19 bits per heavy atom. The van der Waals surface area contributed by atoms with Crippen LogP contribution < -0.4 is 10.6 Å². The first-order valence-corrected chi connectivity index (χ1v) is 8.28. The van der Waals surface area contributed by atoms with Gasteiger partial charge < -0.3 is 15.4 Å². The standard InChI is InChI=1S/C16H26N4O/c17-8-3-11-21-13-6-9-20(10-7-13)16-14-4-1-2-5-15(14)18-12-19-16/h12-13H,1-11,17H2. The van der Waals surface area contributed by atoms with E-state index in [2.05, 4.69) is 14.9 Å². The maximum Gasteiger partial charge on any atom is 0.135 e. The van der Waals surface area contributed by atoms with Crippen LogP contribution >= 0.6 is 0 Å². The van der Waals surface area contributed by atoms with E-state index in [9.17, 15) is 0 Å². The smallest absolute Gasteiger partial charge is 0.135 e. The second kappa shape index (κ2) is 7.18. The van der Waals surface area contributed by atoms with Gasteiger partial charge in [-0.3, -0.25) is 0 Å². The molecule has 116 valence electrons. The first-order chi connectivity index (χ1) is 10.4. The lowest BCUT2D eigenvalue weighted by Gasteiger charge is -2.34. The maximum atomic E-state index is 5.88. The summed E-state index contributed by atoms with van der Waals surface area (Å²) in [6.45, 7) is 3.59. The van der Waals surface area contributed by atoms with E-state index in [1.54, 1.807) is 6.33 Å². The normalized spacial score (nSPS) is 19.6. The summed E-state index contributed by atoms with van der Waals surface area (Å²) in [5.41, 5.74) is 8.17. The highest BCUT2D eigenvalue weighted by Gasteiger charge is 2.24. The molecule has 5 nitrogen and oxygen atoms in total. The molecule has 1 aliphatic heterocycles. The number of nitrogens with two attached hydrogens (primary N) is 1. The van der Waals surface area contributed by atoms with Crippen molar-refractivity contribution in [2.45, 2.75) is 51.0 Å². The summed E-state index contributed by atoms with van der Waals surface area (Å²) in [6.07, 6.45) is 10.1. The van der Waals surface area contributed by atoms with Gasteiger partial charge in [0, 0.05) is 31.0 Å². The van der Waals surface area contributed by atoms with Crippen LogP contribution in [0.2, 0.25) is 0 Å². The number of hydrogen-bond donors (Lipinski definition) is 1. The molecule has 1 aromatic heterocycles. The summed E-state index contributed by atoms with van der Waals surface area (Å²) < 4.78 is 5.88. The van der Waals surface area contributed by atoms with Crippen molar-refractivity contribution >= 4 is 5.82 Å². The predicted molar refractivity (Wildman–Crippen MR) is 83.5 cm³/mol. The first kappa shape index (κ1) is 14.7. The molecular weight excluding hydrogens is 264 g/mol. The Bertz CT molecular complexity index is 458.